The maximum absolute atomic E-state index is 10.6. The second kappa shape index (κ2) is 6.74. The van der Waals surface area contributed by atoms with E-state index in [0.29, 0.717) is 5.88 Å². The van der Waals surface area contributed by atoms with Crippen LogP contribution in [0.2, 0.25) is 0 Å². The van der Waals surface area contributed by atoms with Crippen LogP contribution in [0.5, 0.6) is 0 Å². The Hall–Kier alpha value is 0.0500. The minimum atomic E-state index is -0.264. The fourth-order valence-corrected chi connectivity index (χ4v) is 1.10. The van der Waals surface area contributed by atoms with Crippen LogP contribution in [0.1, 0.15) is 19.3 Å². The molecule has 1 atom stereocenters. The van der Waals surface area contributed by atoms with Gasteiger partial charge in [0.2, 0.25) is 0 Å². The molecular weight excluding hydrogens is 187 g/mol. The van der Waals surface area contributed by atoms with Crippen molar-refractivity contribution in [2.24, 2.45) is 0 Å². The van der Waals surface area contributed by atoms with E-state index in [1.54, 1.807) is 0 Å². The molecule has 0 heterocycles. The quantitative estimate of drug-likeness (QED) is 0.501. The lowest BCUT2D eigenvalue weighted by Gasteiger charge is -2.05. The van der Waals surface area contributed by atoms with Crippen LogP contribution in [-0.2, 0) is 9.53 Å². The number of hydrogen-bond donors (Lipinski definition) is 0. The number of ether oxygens (including phenoxy) is 1. The van der Waals surface area contributed by atoms with Gasteiger partial charge in [-0.2, -0.15) is 0 Å². The highest BCUT2D eigenvalue weighted by Gasteiger charge is 2.09. The Labute approximate surface area is 76.8 Å². The van der Waals surface area contributed by atoms with E-state index in [9.17, 15) is 4.79 Å². The average Bonchev–Trinajstić information content (AvgIpc) is 2.00. The molecule has 0 fully saturated rings. The van der Waals surface area contributed by atoms with Crippen LogP contribution in [-0.4, -0.2) is 24.3 Å². The summed E-state index contributed by atoms with van der Waals surface area (Å²) in [6.07, 6.45) is 1.88. The topological polar surface area (TPSA) is 26.3 Å². The zero-order chi connectivity index (χ0) is 8.69. The Morgan fingerprint density at radius 2 is 2.27 bits per heavy atom. The Balaban J connectivity index is 3.35. The molecule has 0 saturated carbocycles. The summed E-state index contributed by atoms with van der Waals surface area (Å²) in [6.45, 7) is 0. The summed E-state index contributed by atoms with van der Waals surface area (Å²) in [6, 6.07) is 0. The molecule has 0 aromatic carbocycles. The van der Waals surface area contributed by atoms with Gasteiger partial charge < -0.3 is 4.74 Å². The summed E-state index contributed by atoms with van der Waals surface area (Å²) in [5.74, 6) is 0.323. The van der Waals surface area contributed by atoms with Gasteiger partial charge >= 0.3 is 5.97 Å². The first kappa shape index (κ1) is 11.1. The lowest BCUT2D eigenvalue weighted by atomic mass is 10.2. The van der Waals surface area contributed by atoms with Crippen molar-refractivity contribution >= 4 is 29.2 Å². The standard InChI is InChI=1S/C7H12Cl2O2/c1-11-7(10)5-6(9)3-2-4-8/h6H,2-5H2,1H3. The van der Waals surface area contributed by atoms with Crippen LogP contribution in [0.3, 0.4) is 0 Å². The number of carbonyl (C=O) groups is 1. The minimum absolute atomic E-state index is 0.138. The number of rotatable bonds is 5. The van der Waals surface area contributed by atoms with Crippen LogP contribution in [0.15, 0.2) is 0 Å². The van der Waals surface area contributed by atoms with Gasteiger partial charge in [0.1, 0.15) is 0 Å². The van der Waals surface area contributed by atoms with Gasteiger partial charge in [0.15, 0.2) is 0 Å². The van der Waals surface area contributed by atoms with Crippen molar-refractivity contribution in [1.29, 1.82) is 0 Å². The molecule has 4 heteroatoms. The van der Waals surface area contributed by atoms with Gasteiger partial charge in [0, 0.05) is 11.3 Å². The fourth-order valence-electron chi connectivity index (χ4n) is 0.665. The molecule has 0 spiro atoms. The molecule has 0 bridgehead atoms. The molecule has 0 aliphatic rings. The predicted molar refractivity (Wildman–Crippen MR) is 46.2 cm³/mol. The van der Waals surface area contributed by atoms with Crippen molar-refractivity contribution in [1.82, 2.24) is 0 Å². The van der Waals surface area contributed by atoms with Crippen molar-refractivity contribution in [2.75, 3.05) is 13.0 Å². The number of hydrogen-bond acceptors (Lipinski definition) is 2. The number of alkyl halides is 2. The number of esters is 1. The zero-order valence-electron chi connectivity index (χ0n) is 6.48. The molecule has 0 saturated heterocycles. The van der Waals surface area contributed by atoms with Crippen molar-refractivity contribution in [3.05, 3.63) is 0 Å². The third kappa shape index (κ3) is 6.45. The molecule has 2 nitrogen and oxygen atoms in total. The molecule has 0 amide bonds. The van der Waals surface area contributed by atoms with Gasteiger partial charge in [0.25, 0.3) is 0 Å². The van der Waals surface area contributed by atoms with E-state index in [2.05, 4.69) is 4.74 Å². The van der Waals surface area contributed by atoms with Crippen LogP contribution in [0.4, 0.5) is 0 Å². The highest BCUT2D eigenvalue weighted by Crippen LogP contribution is 2.10. The highest BCUT2D eigenvalue weighted by molar-refractivity contribution is 6.21. The van der Waals surface area contributed by atoms with E-state index in [4.69, 9.17) is 23.2 Å². The lowest BCUT2D eigenvalue weighted by Crippen LogP contribution is -2.09. The molecule has 0 N–H and O–H groups in total. The molecule has 0 aromatic heterocycles. The normalized spacial score (nSPS) is 12.6. The molecule has 0 aliphatic carbocycles. The Morgan fingerprint density at radius 3 is 2.73 bits per heavy atom. The first-order valence-electron chi connectivity index (χ1n) is 3.47. The Morgan fingerprint density at radius 1 is 1.64 bits per heavy atom. The Bertz CT molecular complexity index is 117. The van der Waals surface area contributed by atoms with E-state index in [1.165, 1.54) is 7.11 Å². The predicted octanol–water partition coefficient (Wildman–Crippen LogP) is 2.18. The minimum Gasteiger partial charge on any atom is -0.469 e. The number of carbonyl (C=O) groups excluding carboxylic acids is 1. The fraction of sp³-hybridized carbons (Fsp3) is 0.857. The monoisotopic (exact) mass is 198 g/mol. The average molecular weight is 199 g/mol. The van der Waals surface area contributed by atoms with E-state index < -0.39 is 0 Å². The second-order valence-electron chi connectivity index (χ2n) is 2.21. The van der Waals surface area contributed by atoms with Crippen molar-refractivity contribution in [3.8, 4) is 0 Å². The molecular formula is C7H12Cl2O2. The molecule has 0 radical (unpaired) electrons. The molecule has 11 heavy (non-hydrogen) atoms. The third-order valence-electron chi connectivity index (χ3n) is 1.27. The second-order valence-corrected chi connectivity index (χ2v) is 3.20. The lowest BCUT2D eigenvalue weighted by molar-refractivity contribution is -0.140. The summed E-state index contributed by atoms with van der Waals surface area (Å²) >= 11 is 11.2. The van der Waals surface area contributed by atoms with Crippen molar-refractivity contribution in [3.63, 3.8) is 0 Å². The molecule has 0 aliphatic heterocycles. The first-order chi connectivity index (χ1) is 5.20. The van der Waals surface area contributed by atoms with Crippen molar-refractivity contribution < 1.29 is 9.53 Å². The number of halogens is 2. The van der Waals surface area contributed by atoms with Crippen LogP contribution in [0.25, 0.3) is 0 Å². The van der Waals surface area contributed by atoms with E-state index in [-0.39, 0.29) is 17.8 Å². The van der Waals surface area contributed by atoms with E-state index in [0.717, 1.165) is 12.8 Å². The van der Waals surface area contributed by atoms with Gasteiger partial charge in [-0.1, -0.05) is 0 Å². The van der Waals surface area contributed by atoms with Crippen LogP contribution in [0, 0.1) is 0 Å². The molecule has 0 aromatic rings. The van der Waals surface area contributed by atoms with E-state index in [1.807, 2.05) is 0 Å². The van der Waals surface area contributed by atoms with E-state index >= 15 is 0 Å². The van der Waals surface area contributed by atoms with Gasteiger partial charge in [-0.25, -0.2) is 0 Å². The summed E-state index contributed by atoms with van der Waals surface area (Å²) in [5.41, 5.74) is 0. The maximum atomic E-state index is 10.6. The van der Waals surface area contributed by atoms with Crippen LogP contribution >= 0.6 is 23.2 Å². The molecule has 1 unspecified atom stereocenters. The van der Waals surface area contributed by atoms with Gasteiger partial charge in [-0.3, -0.25) is 4.79 Å². The van der Waals surface area contributed by atoms with Crippen LogP contribution < -0.4 is 0 Å². The van der Waals surface area contributed by atoms with Crippen molar-refractivity contribution in [2.45, 2.75) is 24.6 Å². The Kier molecular flexibility index (Phi) is 6.77. The summed E-state index contributed by atoms with van der Waals surface area (Å²) in [4.78, 5) is 10.6. The first-order valence-corrected chi connectivity index (χ1v) is 4.44. The number of methoxy groups -OCH3 is 1. The summed E-state index contributed by atoms with van der Waals surface area (Å²) in [7, 11) is 1.35. The zero-order valence-corrected chi connectivity index (χ0v) is 7.99. The maximum Gasteiger partial charge on any atom is 0.307 e. The molecule has 0 rings (SSSR count). The van der Waals surface area contributed by atoms with Gasteiger partial charge in [-0.15, -0.1) is 23.2 Å². The summed E-state index contributed by atoms with van der Waals surface area (Å²) < 4.78 is 4.44. The SMILES string of the molecule is COC(=O)CC(Cl)CCCCl. The smallest absolute Gasteiger partial charge is 0.307 e. The largest absolute Gasteiger partial charge is 0.469 e. The third-order valence-corrected chi connectivity index (χ3v) is 1.91. The molecule has 66 valence electrons. The van der Waals surface area contributed by atoms with Gasteiger partial charge in [-0.05, 0) is 12.8 Å². The highest BCUT2D eigenvalue weighted by atomic mass is 35.5. The summed E-state index contributed by atoms with van der Waals surface area (Å²) in [5, 5.41) is -0.138. The van der Waals surface area contributed by atoms with Gasteiger partial charge in [0.05, 0.1) is 13.5 Å².